The second-order valence-electron chi connectivity index (χ2n) is 15.0. The SMILES string of the molecule is COc1ccc(COC(=O)[C@@H](NC(=O)N[C@H](C(=O)N2C[C@H]3[C@@H]([C@H]2C(=O)NC(C(=O)C(N)=O)C2CC2)C3(C)C)C(C)(C)C)C(C)C)cc1. The van der Waals surface area contributed by atoms with Gasteiger partial charge in [-0.25, -0.2) is 9.59 Å². The van der Waals surface area contributed by atoms with Gasteiger partial charge in [-0.2, -0.15) is 0 Å². The minimum atomic E-state index is -1.11. The molecule has 47 heavy (non-hydrogen) atoms. The lowest BCUT2D eigenvalue weighted by molar-refractivity contribution is -0.148. The van der Waals surface area contributed by atoms with Gasteiger partial charge in [0.2, 0.25) is 17.6 Å². The number of urea groups is 1. The summed E-state index contributed by atoms with van der Waals surface area (Å²) in [7, 11) is 1.56. The van der Waals surface area contributed by atoms with E-state index in [0.717, 1.165) is 5.56 Å². The Bertz CT molecular complexity index is 1400. The topological polar surface area (TPSA) is 186 Å². The molecule has 1 saturated heterocycles. The highest BCUT2D eigenvalue weighted by atomic mass is 16.5. The van der Waals surface area contributed by atoms with E-state index in [-0.39, 0.29) is 35.7 Å². The molecule has 1 heterocycles. The Balaban J connectivity index is 1.46. The zero-order chi connectivity index (χ0) is 35.0. The smallest absolute Gasteiger partial charge is 0.329 e. The van der Waals surface area contributed by atoms with Gasteiger partial charge in [-0.05, 0) is 65.0 Å². The standard InChI is InChI=1S/C34H49N5O8/c1-17(2)23(31(44)47-16-18-9-13-20(46-8)14-10-18)37-32(45)38-27(33(3,4)5)30(43)39-15-21-22(34(21,6)7)25(39)29(42)36-24(19-11-12-19)26(40)28(35)41/h9-10,13-14,17,19,21-25,27H,11-12,15-16H2,1-8H3,(H2,35,41)(H,36,42)(H2,37,38,45)/t21-,22-,23-,24?,25-,27+/m0/s1. The number of piperidine rings is 1. The van der Waals surface area contributed by atoms with Gasteiger partial charge in [0, 0.05) is 6.54 Å². The highest BCUT2D eigenvalue weighted by Gasteiger charge is 2.70. The molecule has 258 valence electrons. The molecule has 13 nitrogen and oxygen atoms in total. The molecule has 2 saturated carbocycles. The van der Waals surface area contributed by atoms with Crippen LogP contribution in [-0.4, -0.2) is 78.2 Å². The van der Waals surface area contributed by atoms with Crippen molar-refractivity contribution < 1.29 is 38.2 Å². The zero-order valence-corrected chi connectivity index (χ0v) is 28.5. The average Bonchev–Trinajstić information content (AvgIpc) is 3.87. The fraction of sp³-hybridized carbons (Fsp3) is 0.647. The molecule has 2 aliphatic carbocycles. The first-order valence-corrected chi connectivity index (χ1v) is 16.2. The van der Waals surface area contributed by atoms with Crippen molar-refractivity contribution in [2.45, 2.75) is 92.1 Å². The number of esters is 1. The van der Waals surface area contributed by atoms with E-state index in [1.165, 1.54) is 4.90 Å². The summed E-state index contributed by atoms with van der Waals surface area (Å²) in [6.07, 6.45) is 1.37. The summed E-state index contributed by atoms with van der Waals surface area (Å²) < 4.78 is 10.6. The number of likely N-dealkylation sites (tertiary alicyclic amines) is 1. The molecule has 5 amide bonds. The van der Waals surface area contributed by atoms with Gasteiger partial charge in [0.25, 0.3) is 5.91 Å². The molecule has 1 aliphatic heterocycles. The number of fused-ring (bicyclic) bond motifs is 1. The Kier molecular flexibility index (Phi) is 10.3. The van der Waals surface area contributed by atoms with Crippen LogP contribution in [0.4, 0.5) is 4.79 Å². The number of carbonyl (C=O) groups excluding carboxylic acids is 6. The largest absolute Gasteiger partial charge is 0.497 e. The third-order valence-electron chi connectivity index (χ3n) is 9.81. The van der Waals surface area contributed by atoms with Crippen molar-refractivity contribution in [2.75, 3.05) is 13.7 Å². The van der Waals surface area contributed by atoms with E-state index in [0.29, 0.717) is 25.1 Å². The molecule has 3 fully saturated rings. The fourth-order valence-corrected chi connectivity index (χ4v) is 6.62. The maximum atomic E-state index is 14.2. The molecule has 3 aliphatic rings. The number of nitrogens with zero attached hydrogens (tertiary/aromatic N) is 1. The van der Waals surface area contributed by atoms with Crippen molar-refractivity contribution in [3.8, 4) is 5.75 Å². The summed E-state index contributed by atoms with van der Waals surface area (Å²) in [6, 6.07) is 2.34. The second-order valence-corrected chi connectivity index (χ2v) is 15.0. The molecule has 0 aromatic heterocycles. The van der Waals surface area contributed by atoms with Crippen LogP contribution in [0.15, 0.2) is 24.3 Å². The fourth-order valence-electron chi connectivity index (χ4n) is 6.62. The summed E-state index contributed by atoms with van der Waals surface area (Å²) in [4.78, 5) is 80.1. The average molecular weight is 656 g/mol. The summed E-state index contributed by atoms with van der Waals surface area (Å²) in [5.74, 6) is -3.49. The van der Waals surface area contributed by atoms with Gasteiger partial charge in [-0.3, -0.25) is 19.2 Å². The number of nitrogens with one attached hydrogen (secondary N) is 3. The first-order chi connectivity index (χ1) is 21.9. The Morgan fingerprint density at radius 2 is 1.62 bits per heavy atom. The molecule has 6 atom stereocenters. The van der Waals surface area contributed by atoms with Crippen molar-refractivity contribution in [1.29, 1.82) is 0 Å². The maximum absolute atomic E-state index is 14.2. The normalized spacial score (nSPS) is 23.1. The predicted molar refractivity (Wildman–Crippen MR) is 171 cm³/mol. The summed E-state index contributed by atoms with van der Waals surface area (Å²) in [5, 5.41) is 8.18. The van der Waals surface area contributed by atoms with Gasteiger partial charge < -0.3 is 36.1 Å². The van der Waals surface area contributed by atoms with Crippen molar-refractivity contribution in [3.05, 3.63) is 29.8 Å². The molecule has 1 unspecified atom stereocenters. The van der Waals surface area contributed by atoms with E-state index in [1.54, 1.807) is 66.0 Å². The Morgan fingerprint density at radius 3 is 2.13 bits per heavy atom. The highest BCUT2D eigenvalue weighted by Crippen LogP contribution is 2.65. The number of Topliss-reactive ketones (excluding diaryl/α,β-unsaturated/α-hetero) is 1. The second kappa shape index (κ2) is 13.5. The number of benzene rings is 1. The lowest BCUT2D eigenvalue weighted by atomic mass is 9.85. The number of hydrogen-bond acceptors (Lipinski definition) is 8. The van der Waals surface area contributed by atoms with E-state index in [4.69, 9.17) is 15.2 Å². The third kappa shape index (κ3) is 7.87. The van der Waals surface area contributed by atoms with Crippen LogP contribution >= 0.6 is 0 Å². The van der Waals surface area contributed by atoms with Gasteiger partial charge in [0.1, 0.15) is 36.5 Å². The van der Waals surface area contributed by atoms with Gasteiger partial charge in [-0.1, -0.05) is 60.6 Å². The summed E-state index contributed by atoms with van der Waals surface area (Å²) in [6.45, 7) is 13.3. The van der Waals surface area contributed by atoms with E-state index in [1.807, 2.05) is 13.8 Å². The lowest BCUT2D eigenvalue weighted by Gasteiger charge is -2.38. The number of ketones is 1. The Labute approximate surface area is 276 Å². The minimum absolute atomic E-state index is 0.00217. The molecule has 1 aromatic rings. The van der Waals surface area contributed by atoms with E-state index >= 15 is 0 Å². The molecule has 0 bridgehead atoms. The number of amides is 5. The molecule has 1 aromatic carbocycles. The minimum Gasteiger partial charge on any atom is -0.497 e. The number of rotatable bonds is 13. The number of hydrogen-bond donors (Lipinski definition) is 4. The summed E-state index contributed by atoms with van der Waals surface area (Å²) in [5.41, 5.74) is 5.02. The van der Waals surface area contributed by atoms with Crippen molar-refractivity contribution >= 4 is 35.5 Å². The molecule has 0 spiro atoms. The zero-order valence-electron chi connectivity index (χ0n) is 28.5. The van der Waals surface area contributed by atoms with Crippen LogP contribution in [-0.2, 0) is 35.3 Å². The van der Waals surface area contributed by atoms with Crippen LogP contribution in [0.1, 0.15) is 66.9 Å². The number of nitrogens with two attached hydrogens (primary N) is 1. The molecular formula is C34H49N5O8. The number of methoxy groups -OCH3 is 1. The maximum Gasteiger partial charge on any atom is 0.329 e. The van der Waals surface area contributed by atoms with Gasteiger partial charge >= 0.3 is 12.0 Å². The van der Waals surface area contributed by atoms with E-state index in [2.05, 4.69) is 16.0 Å². The van der Waals surface area contributed by atoms with Gasteiger partial charge in [0.05, 0.1) is 7.11 Å². The van der Waals surface area contributed by atoms with Crippen LogP contribution < -0.4 is 26.4 Å². The molecule has 0 radical (unpaired) electrons. The van der Waals surface area contributed by atoms with E-state index < -0.39 is 65.1 Å². The monoisotopic (exact) mass is 655 g/mol. The van der Waals surface area contributed by atoms with E-state index in [9.17, 15) is 28.8 Å². The number of primary amides is 1. The van der Waals surface area contributed by atoms with Crippen LogP contribution in [0.5, 0.6) is 5.75 Å². The Morgan fingerprint density at radius 1 is 1.00 bits per heavy atom. The quantitative estimate of drug-likeness (QED) is 0.183. The van der Waals surface area contributed by atoms with Gasteiger partial charge in [-0.15, -0.1) is 0 Å². The highest BCUT2D eigenvalue weighted by molar-refractivity contribution is 6.38. The Hall–Kier alpha value is -4.16. The van der Waals surface area contributed by atoms with Crippen molar-refractivity contribution in [2.24, 2.45) is 40.2 Å². The lowest BCUT2D eigenvalue weighted by Crippen LogP contribution is -2.62. The van der Waals surface area contributed by atoms with Crippen LogP contribution in [0.3, 0.4) is 0 Å². The first-order valence-electron chi connectivity index (χ1n) is 16.2. The van der Waals surface area contributed by atoms with Crippen LogP contribution in [0.25, 0.3) is 0 Å². The van der Waals surface area contributed by atoms with Crippen LogP contribution in [0, 0.1) is 34.5 Å². The molecular weight excluding hydrogens is 606 g/mol. The molecule has 4 rings (SSSR count). The van der Waals surface area contributed by atoms with Gasteiger partial charge in [0.15, 0.2) is 0 Å². The van der Waals surface area contributed by atoms with Crippen molar-refractivity contribution in [1.82, 2.24) is 20.9 Å². The van der Waals surface area contributed by atoms with Crippen LogP contribution in [0.2, 0.25) is 0 Å². The first kappa shape index (κ1) is 35.7. The number of ether oxygens (including phenoxy) is 2. The molecule has 13 heteroatoms. The number of carbonyl (C=O) groups is 6. The van der Waals surface area contributed by atoms with Crippen molar-refractivity contribution in [3.63, 3.8) is 0 Å². The molecule has 5 N–H and O–H groups in total. The summed E-state index contributed by atoms with van der Waals surface area (Å²) >= 11 is 0. The third-order valence-corrected chi connectivity index (χ3v) is 9.81. The predicted octanol–water partition coefficient (Wildman–Crippen LogP) is 1.91.